The smallest absolute Gasteiger partial charge is 0.270 e. The Morgan fingerprint density at radius 1 is 1.32 bits per heavy atom. The Hall–Kier alpha value is -1.43. The molecule has 1 amide bonds. The molecular weight excluding hydrogens is 312 g/mol. The van der Waals surface area contributed by atoms with Crippen LogP contribution < -0.4 is 5.32 Å². The van der Waals surface area contributed by atoms with Crippen molar-refractivity contribution in [1.29, 1.82) is 0 Å². The van der Waals surface area contributed by atoms with Crippen LogP contribution in [0, 0.1) is 10.1 Å². The highest BCUT2D eigenvalue weighted by Gasteiger charge is 2.20. The number of nitrogens with one attached hydrogen (secondary N) is 1. The zero-order valence-electron chi connectivity index (χ0n) is 10.4. The summed E-state index contributed by atoms with van der Waals surface area (Å²) in [5.74, 6) is -0.248. The summed E-state index contributed by atoms with van der Waals surface area (Å²) in [6, 6.07) is 4.41. The Morgan fingerprint density at radius 3 is 2.63 bits per heavy atom. The topological polar surface area (TPSA) is 72.2 Å². The van der Waals surface area contributed by atoms with Crippen LogP contribution >= 0.6 is 15.9 Å². The molecule has 1 aliphatic carbocycles. The minimum absolute atomic E-state index is 0.0722. The Morgan fingerprint density at radius 2 is 2.00 bits per heavy atom. The fourth-order valence-corrected chi connectivity index (χ4v) is 2.74. The molecule has 0 unspecified atom stereocenters. The Balaban J connectivity index is 2.13. The van der Waals surface area contributed by atoms with Crippen molar-refractivity contribution in [2.24, 2.45) is 0 Å². The second-order valence-electron chi connectivity index (χ2n) is 4.73. The Bertz CT molecular complexity index is 499. The molecule has 0 aliphatic heterocycles. The molecule has 6 heteroatoms. The lowest BCUT2D eigenvalue weighted by Crippen LogP contribution is -2.36. The number of nitrogens with zero attached hydrogens (tertiary/aromatic N) is 1. The van der Waals surface area contributed by atoms with E-state index in [1.54, 1.807) is 0 Å². The Kier molecular flexibility index (Phi) is 4.52. The van der Waals surface area contributed by atoms with Crippen LogP contribution in [0.1, 0.15) is 42.5 Å². The zero-order chi connectivity index (χ0) is 13.8. The molecule has 0 bridgehead atoms. The van der Waals surface area contributed by atoms with Crippen LogP contribution in [-0.2, 0) is 0 Å². The number of carbonyl (C=O) groups excluding carboxylic acids is 1. The van der Waals surface area contributed by atoms with Crippen molar-refractivity contribution in [3.8, 4) is 0 Å². The third kappa shape index (κ3) is 3.53. The molecule has 1 aromatic rings. The van der Waals surface area contributed by atoms with E-state index < -0.39 is 4.92 Å². The third-order valence-corrected chi connectivity index (χ3v) is 4.04. The van der Waals surface area contributed by atoms with Gasteiger partial charge in [-0.3, -0.25) is 14.9 Å². The number of benzene rings is 1. The number of carbonyl (C=O) groups is 1. The maximum absolute atomic E-state index is 12.1. The number of hydrogen-bond donors (Lipinski definition) is 1. The summed E-state index contributed by atoms with van der Waals surface area (Å²) in [6.45, 7) is 0. The van der Waals surface area contributed by atoms with Gasteiger partial charge in [0.05, 0.1) is 10.5 Å². The van der Waals surface area contributed by atoms with E-state index in [1.165, 1.54) is 24.6 Å². The maximum atomic E-state index is 12.1. The third-order valence-electron chi connectivity index (χ3n) is 3.35. The van der Waals surface area contributed by atoms with E-state index >= 15 is 0 Å². The lowest BCUT2D eigenvalue weighted by atomic mass is 9.95. The number of nitro benzene ring substituents is 1. The normalized spacial score (nSPS) is 16.1. The lowest BCUT2D eigenvalue weighted by molar-refractivity contribution is -0.384. The first-order chi connectivity index (χ1) is 9.08. The molecule has 0 aromatic heterocycles. The van der Waals surface area contributed by atoms with Crippen molar-refractivity contribution < 1.29 is 9.72 Å². The summed E-state index contributed by atoms with van der Waals surface area (Å²) in [7, 11) is 0. The molecule has 1 aromatic carbocycles. The van der Waals surface area contributed by atoms with Gasteiger partial charge in [0, 0.05) is 22.6 Å². The van der Waals surface area contributed by atoms with E-state index in [-0.39, 0.29) is 17.6 Å². The number of non-ortho nitro benzene ring substituents is 1. The summed E-state index contributed by atoms with van der Waals surface area (Å²) in [5, 5.41) is 13.7. The molecular formula is C13H15BrN2O3. The van der Waals surface area contributed by atoms with E-state index in [9.17, 15) is 14.9 Å². The minimum atomic E-state index is -0.496. The maximum Gasteiger partial charge on any atom is 0.270 e. The highest BCUT2D eigenvalue weighted by Crippen LogP contribution is 2.24. The van der Waals surface area contributed by atoms with Crippen LogP contribution in [0.4, 0.5) is 5.69 Å². The molecule has 1 fully saturated rings. The van der Waals surface area contributed by atoms with Gasteiger partial charge < -0.3 is 5.32 Å². The predicted molar refractivity (Wildman–Crippen MR) is 75.1 cm³/mol. The van der Waals surface area contributed by atoms with E-state index in [2.05, 4.69) is 21.2 Å². The fourth-order valence-electron chi connectivity index (χ4n) is 2.31. The molecule has 19 heavy (non-hydrogen) atoms. The second-order valence-corrected chi connectivity index (χ2v) is 5.58. The first-order valence-electron chi connectivity index (χ1n) is 6.33. The van der Waals surface area contributed by atoms with Crippen molar-refractivity contribution in [1.82, 2.24) is 5.32 Å². The van der Waals surface area contributed by atoms with Gasteiger partial charge in [-0.1, -0.05) is 19.3 Å². The number of nitro groups is 1. The van der Waals surface area contributed by atoms with Crippen LogP contribution in [0.15, 0.2) is 22.7 Å². The van der Waals surface area contributed by atoms with Crippen molar-refractivity contribution in [3.05, 3.63) is 38.3 Å². The summed E-state index contributed by atoms with van der Waals surface area (Å²) >= 11 is 3.26. The molecule has 2 rings (SSSR count). The summed E-state index contributed by atoms with van der Waals surface area (Å²) in [5.41, 5.74) is 0.247. The SMILES string of the molecule is O=C(NC1CCCCC1)c1cc([N+](=O)[O-])ccc1Br. The molecule has 0 heterocycles. The monoisotopic (exact) mass is 326 g/mol. The number of halogens is 1. The highest BCUT2D eigenvalue weighted by molar-refractivity contribution is 9.10. The van der Waals surface area contributed by atoms with Gasteiger partial charge in [0.1, 0.15) is 0 Å². The Labute approximate surface area is 119 Å². The fraction of sp³-hybridized carbons (Fsp3) is 0.462. The molecule has 0 spiro atoms. The number of rotatable bonds is 3. The van der Waals surface area contributed by atoms with Crippen LogP contribution in [0.3, 0.4) is 0 Å². The van der Waals surface area contributed by atoms with Crippen LogP contribution in [0.2, 0.25) is 0 Å². The highest BCUT2D eigenvalue weighted by atomic mass is 79.9. The van der Waals surface area contributed by atoms with Gasteiger partial charge in [-0.2, -0.15) is 0 Å². The van der Waals surface area contributed by atoms with Gasteiger partial charge in [-0.05, 0) is 34.8 Å². The quantitative estimate of drug-likeness (QED) is 0.683. The van der Waals surface area contributed by atoms with Gasteiger partial charge in [0.15, 0.2) is 0 Å². The van der Waals surface area contributed by atoms with Crippen molar-refractivity contribution in [2.75, 3.05) is 0 Å². The van der Waals surface area contributed by atoms with E-state index in [0.717, 1.165) is 25.7 Å². The second kappa shape index (κ2) is 6.14. The molecule has 0 saturated heterocycles. The molecule has 5 nitrogen and oxygen atoms in total. The van der Waals surface area contributed by atoms with Crippen LogP contribution in [0.5, 0.6) is 0 Å². The molecule has 102 valence electrons. The van der Waals surface area contributed by atoms with Gasteiger partial charge in [-0.15, -0.1) is 0 Å². The van der Waals surface area contributed by atoms with Gasteiger partial charge in [-0.25, -0.2) is 0 Å². The van der Waals surface area contributed by atoms with Gasteiger partial charge >= 0.3 is 0 Å². The van der Waals surface area contributed by atoms with Gasteiger partial charge in [0.2, 0.25) is 0 Å². The predicted octanol–water partition coefficient (Wildman–Crippen LogP) is 3.42. The summed E-state index contributed by atoms with van der Waals surface area (Å²) < 4.78 is 0.575. The van der Waals surface area contributed by atoms with E-state index in [0.29, 0.717) is 10.0 Å². The first kappa shape index (κ1) is 14.0. The average molecular weight is 327 g/mol. The molecule has 1 aliphatic rings. The zero-order valence-corrected chi connectivity index (χ0v) is 12.0. The van der Waals surface area contributed by atoms with Crippen molar-refractivity contribution in [3.63, 3.8) is 0 Å². The standard InChI is InChI=1S/C13H15BrN2O3/c14-12-7-6-10(16(18)19)8-11(12)13(17)15-9-4-2-1-3-5-9/h6-9H,1-5H2,(H,15,17). The largest absolute Gasteiger partial charge is 0.349 e. The van der Waals surface area contributed by atoms with Gasteiger partial charge in [0.25, 0.3) is 11.6 Å². The van der Waals surface area contributed by atoms with Crippen LogP contribution in [-0.4, -0.2) is 16.9 Å². The molecule has 1 saturated carbocycles. The molecule has 1 N–H and O–H groups in total. The number of hydrogen-bond acceptors (Lipinski definition) is 3. The van der Waals surface area contributed by atoms with Crippen LogP contribution in [0.25, 0.3) is 0 Å². The van der Waals surface area contributed by atoms with E-state index in [4.69, 9.17) is 0 Å². The minimum Gasteiger partial charge on any atom is -0.349 e. The van der Waals surface area contributed by atoms with Crippen molar-refractivity contribution >= 4 is 27.5 Å². The van der Waals surface area contributed by atoms with Crippen molar-refractivity contribution in [2.45, 2.75) is 38.1 Å². The summed E-state index contributed by atoms with van der Waals surface area (Å²) in [6.07, 6.45) is 5.44. The summed E-state index contributed by atoms with van der Waals surface area (Å²) in [4.78, 5) is 22.4. The number of amides is 1. The molecule has 0 atom stereocenters. The lowest BCUT2D eigenvalue weighted by Gasteiger charge is -2.22. The molecule has 0 radical (unpaired) electrons. The van der Waals surface area contributed by atoms with E-state index in [1.807, 2.05) is 0 Å². The first-order valence-corrected chi connectivity index (χ1v) is 7.12. The average Bonchev–Trinajstić information content (AvgIpc) is 2.40.